The molecule has 0 nitrogen and oxygen atoms in total. The second-order valence-corrected chi connectivity index (χ2v) is 8.12. The summed E-state index contributed by atoms with van der Waals surface area (Å²) >= 11 is -0.826. The van der Waals surface area contributed by atoms with Gasteiger partial charge in [0.25, 0.3) is 0 Å². The summed E-state index contributed by atoms with van der Waals surface area (Å²) in [5.41, 5.74) is 5.59. The molecule has 19 heavy (non-hydrogen) atoms. The maximum atomic E-state index is 4.93. The number of halogens is 2. The zero-order valence-electron chi connectivity index (χ0n) is 10.6. The minimum atomic E-state index is -0.826. The molecule has 0 aliphatic heterocycles. The zero-order chi connectivity index (χ0) is 13.7. The number of hydrogen-bond acceptors (Lipinski definition) is 0. The molecule has 0 fully saturated rings. The Morgan fingerprint density at radius 1 is 0.895 bits per heavy atom. The normalized spacial score (nSPS) is 15.9. The quantitative estimate of drug-likeness (QED) is 0.604. The van der Waals surface area contributed by atoms with E-state index >= 15 is 0 Å². The second-order valence-electron chi connectivity index (χ2n) is 4.39. The van der Waals surface area contributed by atoms with E-state index in [9.17, 15) is 0 Å². The van der Waals surface area contributed by atoms with Gasteiger partial charge in [-0.3, -0.25) is 0 Å². The first kappa shape index (κ1) is 15.0. The summed E-state index contributed by atoms with van der Waals surface area (Å²) in [7, 11) is 9.87. The van der Waals surface area contributed by atoms with Gasteiger partial charge in [0.1, 0.15) is 0 Å². The van der Waals surface area contributed by atoms with Crippen LogP contribution in [0.2, 0.25) is 0 Å². The summed E-state index contributed by atoms with van der Waals surface area (Å²) in [6.07, 6.45) is 2.31. The van der Waals surface area contributed by atoms with Crippen LogP contribution in [0.4, 0.5) is 0 Å². The number of allylic oxidation sites excluding steroid dienone is 1. The fourth-order valence-corrected chi connectivity index (χ4v) is 2.46. The third-order valence-electron chi connectivity index (χ3n) is 3.35. The van der Waals surface area contributed by atoms with Crippen molar-refractivity contribution in [2.45, 2.75) is 12.8 Å². The molecule has 2 aromatic carbocycles. The van der Waals surface area contributed by atoms with Crippen LogP contribution in [0.25, 0.3) is 11.6 Å². The Labute approximate surface area is 133 Å². The predicted octanol–water partition coefficient (Wildman–Crippen LogP) is 5.72. The summed E-state index contributed by atoms with van der Waals surface area (Å²) in [6.45, 7) is 2.28. The first-order valence-electron chi connectivity index (χ1n) is 6.10. The van der Waals surface area contributed by atoms with Gasteiger partial charge in [0.2, 0.25) is 0 Å². The van der Waals surface area contributed by atoms with Crippen molar-refractivity contribution < 1.29 is 20.8 Å². The van der Waals surface area contributed by atoms with Crippen LogP contribution in [0.15, 0.2) is 54.6 Å². The van der Waals surface area contributed by atoms with Crippen LogP contribution >= 0.6 is 17.0 Å². The van der Waals surface area contributed by atoms with E-state index in [1.807, 2.05) is 0 Å². The monoisotopic (exact) mass is 366 g/mol. The molecule has 3 rings (SSSR count). The van der Waals surface area contributed by atoms with Gasteiger partial charge in [0.05, 0.1) is 0 Å². The van der Waals surface area contributed by atoms with E-state index < -0.39 is 20.8 Å². The third-order valence-corrected chi connectivity index (χ3v) is 3.35. The average Bonchev–Trinajstić information content (AvgIpc) is 2.79. The molecule has 0 heterocycles. The van der Waals surface area contributed by atoms with Crippen LogP contribution in [0.5, 0.6) is 0 Å². The third kappa shape index (κ3) is 3.60. The van der Waals surface area contributed by atoms with Crippen molar-refractivity contribution in [3.8, 4) is 0 Å². The van der Waals surface area contributed by atoms with E-state index in [4.69, 9.17) is 17.0 Å². The molecule has 0 aromatic heterocycles. The summed E-state index contributed by atoms with van der Waals surface area (Å²) in [6, 6.07) is 19.3. The van der Waals surface area contributed by atoms with Crippen molar-refractivity contribution in [2.75, 3.05) is 0 Å². The molecule has 1 aliphatic carbocycles. The van der Waals surface area contributed by atoms with Crippen LogP contribution in [0.3, 0.4) is 0 Å². The van der Waals surface area contributed by atoms with Crippen LogP contribution in [-0.2, 0) is 20.8 Å². The molecule has 0 amide bonds. The summed E-state index contributed by atoms with van der Waals surface area (Å²) in [5, 5.41) is 0. The van der Waals surface area contributed by atoms with Gasteiger partial charge in [0, 0.05) is 5.92 Å². The van der Waals surface area contributed by atoms with Gasteiger partial charge in [-0.05, 0) is 22.3 Å². The Bertz CT molecular complexity index is 564. The van der Waals surface area contributed by atoms with E-state index in [0.29, 0.717) is 5.92 Å². The second kappa shape index (κ2) is 7.43. The van der Waals surface area contributed by atoms with E-state index in [1.54, 1.807) is 0 Å². The molecule has 3 heteroatoms. The van der Waals surface area contributed by atoms with Gasteiger partial charge >= 0.3 is 37.9 Å². The summed E-state index contributed by atoms with van der Waals surface area (Å²) < 4.78 is 0. The molecule has 1 aliphatic rings. The van der Waals surface area contributed by atoms with Gasteiger partial charge in [-0.2, -0.15) is 0 Å². The number of benzene rings is 2. The van der Waals surface area contributed by atoms with Crippen LogP contribution < -0.4 is 0 Å². The minimum absolute atomic E-state index is 0.513. The van der Waals surface area contributed by atoms with Crippen molar-refractivity contribution in [2.24, 2.45) is 0 Å². The van der Waals surface area contributed by atoms with Crippen molar-refractivity contribution in [3.05, 3.63) is 71.3 Å². The molecule has 1 unspecified atom stereocenters. The van der Waals surface area contributed by atoms with Gasteiger partial charge in [0.15, 0.2) is 0 Å². The molecule has 96 valence electrons. The van der Waals surface area contributed by atoms with Crippen molar-refractivity contribution in [1.29, 1.82) is 0 Å². The molecular formula is C16H14Cl2Zr. The van der Waals surface area contributed by atoms with E-state index in [1.165, 1.54) is 22.3 Å². The van der Waals surface area contributed by atoms with E-state index in [2.05, 4.69) is 67.6 Å². The molecule has 0 N–H and O–H groups in total. The summed E-state index contributed by atoms with van der Waals surface area (Å²) in [5.74, 6) is 0.513. The predicted molar refractivity (Wildman–Crippen MR) is 80.9 cm³/mol. The molecule has 0 saturated heterocycles. The summed E-state index contributed by atoms with van der Waals surface area (Å²) in [4.78, 5) is 0. The van der Waals surface area contributed by atoms with Crippen molar-refractivity contribution in [1.82, 2.24) is 0 Å². The Morgan fingerprint density at radius 3 is 2.11 bits per heavy atom. The number of hydrogen-bond donors (Lipinski definition) is 0. The van der Waals surface area contributed by atoms with Crippen molar-refractivity contribution in [3.63, 3.8) is 0 Å². The Hall–Kier alpha value is -0.357. The Balaban J connectivity index is 0.000000408. The van der Waals surface area contributed by atoms with E-state index in [-0.39, 0.29) is 0 Å². The SMILES string of the molecule is CC1C(c2ccccc2)=Cc2ccccc21.[Cl][Zr][Cl]. The molecule has 0 radical (unpaired) electrons. The van der Waals surface area contributed by atoms with Gasteiger partial charge in [-0.25, -0.2) is 0 Å². The van der Waals surface area contributed by atoms with Crippen LogP contribution in [-0.4, -0.2) is 0 Å². The molecule has 0 spiro atoms. The van der Waals surface area contributed by atoms with E-state index in [0.717, 1.165) is 0 Å². The Morgan fingerprint density at radius 2 is 1.47 bits per heavy atom. The van der Waals surface area contributed by atoms with Crippen LogP contribution in [0.1, 0.15) is 29.5 Å². The van der Waals surface area contributed by atoms with Crippen LogP contribution in [0, 0.1) is 0 Å². The standard InChI is InChI=1S/C16H14.2ClH.Zr/c1-12-15-10-6-5-9-14(15)11-16(12)13-7-3-2-4-8-13;;;/h2-12H,1H3;2*1H;/q;;;+2/p-2. The first-order valence-corrected chi connectivity index (χ1v) is 12.4. The number of fused-ring (bicyclic) bond motifs is 1. The topological polar surface area (TPSA) is 0 Å². The molecule has 1 atom stereocenters. The number of rotatable bonds is 1. The molecular weight excluding hydrogens is 354 g/mol. The van der Waals surface area contributed by atoms with Gasteiger partial charge < -0.3 is 0 Å². The van der Waals surface area contributed by atoms with Crippen molar-refractivity contribution >= 4 is 28.7 Å². The zero-order valence-corrected chi connectivity index (χ0v) is 14.6. The molecule has 2 aromatic rings. The van der Waals surface area contributed by atoms with Gasteiger partial charge in [-0.15, -0.1) is 0 Å². The van der Waals surface area contributed by atoms with Gasteiger partial charge in [-0.1, -0.05) is 67.6 Å². The first-order chi connectivity index (χ1) is 9.27. The fourth-order valence-electron chi connectivity index (χ4n) is 2.46. The maximum absolute atomic E-state index is 4.93. The average molecular weight is 368 g/mol. The fraction of sp³-hybridized carbons (Fsp3) is 0.125. The Kier molecular flexibility index (Phi) is 5.88. The molecule has 0 saturated carbocycles. The molecule has 0 bridgehead atoms.